The Bertz CT molecular complexity index is 942. The summed E-state index contributed by atoms with van der Waals surface area (Å²) in [5.41, 5.74) is 2.67. The summed E-state index contributed by atoms with van der Waals surface area (Å²) in [6.45, 7) is 0.670. The molecule has 0 aliphatic carbocycles. The minimum absolute atomic E-state index is 0.670. The summed E-state index contributed by atoms with van der Waals surface area (Å²) in [5.74, 6) is 0.690. The summed E-state index contributed by atoms with van der Waals surface area (Å²) in [4.78, 5) is 8.35. The maximum absolute atomic E-state index is 5.90. The molecule has 114 valence electrons. The van der Waals surface area contributed by atoms with E-state index >= 15 is 0 Å². The number of hydrogen-bond donors (Lipinski definition) is 2. The fourth-order valence-electron chi connectivity index (χ4n) is 2.29. The number of halogens is 1. The van der Waals surface area contributed by atoms with Crippen molar-refractivity contribution in [1.29, 1.82) is 0 Å². The number of fused-ring (bicyclic) bond motifs is 1. The van der Waals surface area contributed by atoms with Crippen LogP contribution >= 0.6 is 11.6 Å². The minimum Gasteiger partial charge on any atom is -0.337 e. The van der Waals surface area contributed by atoms with E-state index < -0.39 is 0 Å². The molecule has 0 radical (unpaired) electrons. The predicted molar refractivity (Wildman–Crippen MR) is 87.7 cm³/mol. The fraction of sp³-hybridized carbons (Fsp3) is 0.0667. The highest BCUT2D eigenvalue weighted by Gasteiger charge is 2.07. The van der Waals surface area contributed by atoms with Crippen molar-refractivity contribution in [3.05, 3.63) is 59.8 Å². The van der Waals surface area contributed by atoms with E-state index in [0.29, 0.717) is 18.0 Å². The molecule has 3 heterocycles. The normalized spacial score (nSPS) is 11.0. The largest absolute Gasteiger partial charge is 0.337 e. The van der Waals surface area contributed by atoms with Gasteiger partial charge in [0.2, 0.25) is 0 Å². The van der Waals surface area contributed by atoms with Gasteiger partial charge in [0.25, 0.3) is 0 Å². The number of rotatable bonds is 4. The Morgan fingerprint density at radius 1 is 1.13 bits per heavy atom. The molecule has 0 spiro atoms. The quantitative estimate of drug-likeness (QED) is 0.602. The molecule has 0 unspecified atom stereocenters. The van der Waals surface area contributed by atoms with E-state index in [1.165, 1.54) is 6.33 Å². The van der Waals surface area contributed by atoms with Gasteiger partial charge in [-0.1, -0.05) is 23.7 Å². The molecule has 0 aliphatic rings. The lowest BCUT2D eigenvalue weighted by atomic mass is 10.2. The first kappa shape index (κ1) is 13.7. The van der Waals surface area contributed by atoms with Gasteiger partial charge in [0, 0.05) is 11.2 Å². The van der Waals surface area contributed by atoms with Crippen LogP contribution in [0.2, 0.25) is 5.02 Å². The lowest BCUT2D eigenvalue weighted by molar-refractivity contribution is 0.687. The minimum atomic E-state index is 0.670. The molecular formula is C15H12ClN7. The lowest BCUT2D eigenvalue weighted by Crippen LogP contribution is -1.99. The van der Waals surface area contributed by atoms with Crippen LogP contribution in [0.25, 0.3) is 11.0 Å². The SMILES string of the molecule is Clc1ccc(Cn2cc(Nc3ncnc4[nH]ncc34)cn2)cc1. The van der Waals surface area contributed by atoms with Gasteiger partial charge in [-0.3, -0.25) is 9.78 Å². The molecule has 2 N–H and O–H groups in total. The summed E-state index contributed by atoms with van der Waals surface area (Å²) in [5, 5.41) is 15.9. The molecule has 0 atom stereocenters. The van der Waals surface area contributed by atoms with E-state index in [1.807, 2.05) is 35.1 Å². The molecule has 4 aromatic rings. The average molecular weight is 326 g/mol. The number of nitrogens with one attached hydrogen (secondary N) is 2. The first-order valence-corrected chi connectivity index (χ1v) is 7.34. The molecule has 7 nitrogen and oxygen atoms in total. The van der Waals surface area contributed by atoms with Crippen LogP contribution in [0.5, 0.6) is 0 Å². The second kappa shape index (κ2) is 5.69. The topological polar surface area (TPSA) is 84.3 Å². The van der Waals surface area contributed by atoms with Gasteiger partial charge in [0.1, 0.15) is 12.1 Å². The summed E-state index contributed by atoms with van der Waals surface area (Å²) in [6, 6.07) is 7.71. The molecule has 4 rings (SSSR count). The van der Waals surface area contributed by atoms with Gasteiger partial charge in [-0.15, -0.1) is 0 Å². The third-order valence-corrected chi connectivity index (χ3v) is 3.65. The maximum atomic E-state index is 5.90. The van der Waals surface area contributed by atoms with Crippen molar-refractivity contribution in [3.8, 4) is 0 Å². The fourth-order valence-corrected chi connectivity index (χ4v) is 2.42. The van der Waals surface area contributed by atoms with Crippen LogP contribution in [0.4, 0.5) is 11.5 Å². The number of benzene rings is 1. The van der Waals surface area contributed by atoms with Gasteiger partial charge in [-0.2, -0.15) is 10.2 Å². The van der Waals surface area contributed by atoms with Crippen molar-refractivity contribution in [2.45, 2.75) is 6.54 Å². The smallest absolute Gasteiger partial charge is 0.160 e. The van der Waals surface area contributed by atoms with Gasteiger partial charge < -0.3 is 5.32 Å². The second-order valence-corrected chi connectivity index (χ2v) is 5.47. The molecule has 8 heteroatoms. The van der Waals surface area contributed by atoms with Gasteiger partial charge in [-0.25, -0.2) is 9.97 Å². The summed E-state index contributed by atoms with van der Waals surface area (Å²) in [7, 11) is 0. The van der Waals surface area contributed by atoms with Crippen LogP contribution in [0.15, 0.2) is 49.2 Å². The first-order chi connectivity index (χ1) is 11.3. The van der Waals surface area contributed by atoms with Crippen molar-refractivity contribution >= 4 is 34.1 Å². The van der Waals surface area contributed by atoms with Crippen LogP contribution in [-0.2, 0) is 6.54 Å². The Hall–Kier alpha value is -2.93. The van der Waals surface area contributed by atoms with Gasteiger partial charge in [0.05, 0.1) is 30.0 Å². The Balaban J connectivity index is 1.54. The zero-order valence-electron chi connectivity index (χ0n) is 11.9. The number of aromatic amines is 1. The molecule has 0 amide bonds. The van der Waals surface area contributed by atoms with Crippen molar-refractivity contribution in [1.82, 2.24) is 29.9 Å². The van der Waals surface area contributed by atoms with Crippen LogP contribution in [0, 0.1) is 0 Å². The monoisotopic (exact) mass is 325 g/mol. The summed E-state index contributed by atoms with van der Waals surface area (Å²) in [6.07, 6.45) is 6.85. The second-order valence-electron chi connectivity index (χ2n) is 5.03. The molecular weight excluding hydrogens is 314 g/mol. The average Bonchev–Trinajstić information content (AvgIpc) is 3.19. The molecule has 1 aromatic carbocycles. The van der Waals surface area contributed by atoms with E-state index in [4.69, 9.17) is 11.6 Å². The molecule has 3 aromatic heterocycles. The molecule has 0 saturated carbocycles. The van der Waals surface area contributed by atoms with Gasteiger partial charge in [0.15, 0.2) is 5.65 Å². The predicted octanol–water partition coefficient (Wildman–Crippen LogP) is 2.99. The third kappa shape index (κ3) is 2.86. The van der Waals surface area contributed by atoms with E-state index in [9.17, 15) is 0 Å². The molecule has 0 fully saturated rings. The number of aromatic nitrogens is 6. The van der Waals surface area contributed by atoms with E-state index in [-0.39, 0.29) is 0 Å². The van der Waals surface area contributed by atoms with Crippen molar-refractivity contribution in [2.24, 2.45) is 0 Å². The number of nitrogens with zero attached hydrogens (tertiary/aromatic N) is 5. The number of anilines is 2. The number of hydrogen-bond acceptors (Lipinski definition) is 5. The highest BCUT2D eigenvalue weighted by Crippen LogP contribution is 2.21. The highest BCUT2D eigenvalue weighted by atomic mass is 35.5. The van der Waals surface area contributed by atoms with Gasteiger partial charge in [-0.05, 0) is 17.7 Å². The van der Waals surface area contributed by atoms with Gasteiger partial charge >= 0.3 is 0 Å². The summed E-state index contributed by atoms with van der Waals surface area (Å²) < 4.78 is 1.85. The number of H-pyrrole nitrogens is 1. The highest BCUT2D eigenvalue weighted by molar-refractivity contribution is 6.30. The molecule has 0 bridgehead atoms. The standard InChI is InChI=1S/C15H12ClN7/c16-11-3-1-10(2-4-11)7-23-8-12(5-20-23)21-14-13-6-19-22-15(13)18-9-17-14/h1-6,8-9H,7H2,(H2,17,18,19,21,22). The van der Waals surface area contributed by atoms with Crippen LogP contribution < -0.4 is 5.32 Å². The summed E-state index contributed by atoms with van der Waals surface area (Å²) >= 11 is 5.90. The lowest BCUT2D eigenvalue weighted by Gasteiger charge is -2.03. The van der Waals surface area contributed by atoms with Crippen molar-refractivity contribution < 1.29 is 0 Å². The van der Waals surface area contributed by atoms with Crippen LogP contribution in [0.1, 0.15) is 5.56 Å². The zero-order valence-corrected chi connectivity index (χ0v) is 12.7. The Labute approximate surface area is 136 Å². The van der Waals surface area contributed by atoms with Crippen LogP contribution in [0.3, 0.4) is 0 Å². The van der Waals surface area contributed by atoms with Crippen molar-refractivity contribution in [3.63, 3.8) is 0 Å². The van der Waals surface area contributed by atoms with E-state index in [1.54, 1.807) is 12.4 Å². The van der Waals surface area contributed by atoms with Crippen molar-refractivity contribution in [2.75, 3.05) is 5.32 Å². The Morgan fingerprint density at radius 3 is 2.87 bits per heavy atom. The van der Waals surface area contributed by atoms with E-state index in [2.05, 4.69) is 30.6 Å². The molecule has 0 aliphatic heterocycles. The Morgan fingerprint density at radius 2 is 2.00 bits per heavy atom. The zero-order chi connectivity index (χ0) is 15.6. The maximum Gasteiger partial charge on any atom is 0.160 e. The Kier molecular flexibility index (Phi) is 3.39. The van der Waals surface area contributed by atoms with E-state index in [0.717, 1.165) is 21.7 Å². The van der Waals surface area contributed by atoms with Crippen LogP contribution in [-0.4, -0.2) is 29.9 Å². The first-order valence-electron chi connectivity index (χ1n) is 6.96. The molecule has 0 saturated heterocycles. The third-order valence-electron chi connectivity index (χ3n) is 3.40. The molecule has 23 heavy (non-hydrogen) atoms.